The molecule has 1 N–H and O–H groups in total. The van der Waals surface area contributed by atoms with E-state index in [0.29, 0.717) is 48.8 Å². The second-order valence-electron chi connectivity index (χ2n) is 24.3. The molecule has 2 atom stereocenters. The molecular weight excluding hydrogens is 1220 g/mol. The zero-order valence-electron chi connectivity index (χ0n) is 55.6. The second-order valence-corrected chi connectivity index (χ2v) is 24.3. The van der Waals surface area contributed by atoms with E-state index in [0.717, 1.165) is 115 Å². The number of benzene rings is 3. The third kappa shape index (κ3) is 20.7. The number of aliphatic imine (C=N–C) groups is 2. The molecule has 12 rings (SSSR count). The fraction of sp³-hybridized carbons (Fsp3) is 0.364. The topological polar surface area (TPSA) is 188 Å². The van der Waals surface area contributed by atoms with Gasteiger partial charge in [-0.3, -0.25) is 24.3 Å². The minimum atomic E-state index is -2.86. The van der Waals surface area contributed by atoms with Crippen LogP contribution in [0.2, 0.25) is 0 Å². The van der Waals surface area contributed by atoms with Crippen LogP contribution in [0.25, 0.3) is 28.6 Å². The highest BCUT2D eigenvalue weighted by atomic mass is 19.3. The van der Waals surface area contributed by atoms with Crippen LogP contribution in [0.5, 0.6) is 23.1 Å². The fourth-order valence-corrected chi connectivity index (χ4v) is 11.9. The molecule has 19 heteroatoms. The van der Waals surface area contributed by atoms with E-state index in [1.54, 1.807) is 38.6 Å². The van der Waals surface area contributed by atoms with E-state index < -0.39 is 6.61 Å². The maximum atomic E-state index is 12.6. The summed E-state index contributed by atoms with van der Waals surface area (Å²) in [5.41, 5.74) is 14.3. The maximum Gasteiger partial charge on any atom is 0.387 e. The third-order valence-corrected chi connectivity index (χ3v) is 17.2. The van der Waals surface area contributed by atoms with Crippen molar-refractivity contribution in [1.82, 2.24) is 34.8 Å². The zero-order valence-corrected chi connectivity index (χ0v) is 55.6. The number of nitrogens with one attached hydrogen (secondary N) is 1. The van der Waals surface area contributed by atoms with E-state index in [1.807, 2.05) is 70.8 Å². The highest BCUT2D eigenvalue weighted by Crippen LogP contribution is 2.38. The van der Waals surface area contributed by atoms with Gasteiger partial charge in [0.15, 0.2) is 23.0 Å². The van der Waals surface area contributed by atoms with Crippen molar-refractivity contribution < 1.29 is 46.8 Å². The van der Waals surface area contributed by atoms with Crippen molar-refractivity contribution >= 4 is 25.2 Å². The first-order valence-corrected chi connectivity index (χ1v) is 33.0. The first-order chi connectivity index (χ1) is 46.8. The normalized spacial score (nSPS) is 16.1. The van der Waals surface area contributed by atoms with E-state index in [-0.39, 0.29) is 36.2 Å². The first kappa shape index (κ1) is 70.3. The Morgan fingerprint density at radius 3 is 2.12 bits per heavy atom. The number of aryl methyl sites for hydroxylation is 2. The second kappa shape index (κ2) is 36.0. The van der Waals surface area contributed by atoms with Crippen molar-refractivity contribution in [2.75, 3.05) is 33.9 Å². The van der Waals surface area contributed by atoms with Gasteiger partial charge in [0.2, 0.25) is 5.88 Å². The summed E-state index contributed by atoms with van der Waals surface area (Å²) in [7, 11) is 3.31. The fourth-order valence-electron chi connectivity index (χ4n) is 11.9. The van der Waals surface area contributed by atoms with Gasteiger partial charge in [0.25, 0.3) is 5.88 Å². The quantitative estimate of drug-likeness (QED) is 0.0399. The van der Waals surface area contributed by atoms with Crippen LogP contribution < -0.4 is 24.3 Å². The van der Waals surface area contributed by atoms with Gasteiger partial charge in [-0.1, -0.05) is 84.8 Å². The van der Waals surface area contributed by atoms with Crippen LogP contribution in [0.3, 0.4) is 0 Å². The van der Waals surface area contributed by atoms with Crippen molar-refractivity contribution in [3.8, 4) is 45.6 Å². The summed E-state index contributed by atoms with van der Waals surface area (Å²) < 4.78 is 63.4. The van der Waals surface area contributed by atoms with Gasteiger partial charge in [-0.15, -0.1) is 0 Å². The lowest BCUT2D eigenvalue weighted by atomic mass is 9.96. The Hall–Kier alpha value is -10.0. The lowest BCUT2D eigenvalue weighted by Gasteiger charge is -2.28. The molecule has 5 aliphatic rings. The molecule has 0 amide bonds. The Balaban J connectivity index is 0.000000168. The van der Waals surface area contributed by atoms with Gasteiger partial charge < -0.3 is 33.7 Å². The molecule has 4 aromatic heterocycles. The van der Waals surface area contributed by atoms with Crippen LogP contribution >= 0.6 is 0 Å². The number of rotatable bonds is 26. The Labute approximate surface area is 562 Å². The number of dihydropyridines is 2. The van der Waals surface area contributed by atoms with Gasteiger partial charge in [0.05, 0.1) is 56.5 Å². The number of aromatic nitrogens is 6. The number of nitrogens with zero attached hydrogens (tertiary/aromatic N) is 8. The van der Waals surface area contributed by atoms with E-state index in [9.17, 15) is 8.78 Å². The smallest absolute Gasteiger partial charge is 0.387 e. The van der Waals surface area contributed by atoms with Crippen molar-refractivity contribution in [3.05, 3.63) is 221 Å². The molecule has 3 aromatic carbocycles. The average Bonchev–Trinajstić information content (AvgIpc) is 1.51. The molecule has 96 heavy (non-hydrogen) atoms. The van der Waals surface area contributed by atoms with Gasteiger partial charge in [-0.05, 0) is 217 Å². The number of pyridine rings is 2. The SMILES string of the molecule is C=N/C=C\C(=C)CC(C1=CC(OC2CCCC2)=C(OC)NC1)n1ccc(-c2ccc(C)cc2)n1.CC/C(=C\c1ccc(OC(F)F)c(OCC2CC2)c1)C1=CC=NCC1.COc1ncc(C(Cc2ccncc2)n2ccc(-c3cccc(C)c3)n2)cc1OC1CCCC1.O=C=O. The summed E-state index contributed by atoms with van der Waals surface area (Å²) in [6.07, 6.45) is 36.7. The van der Waals surface area contributed by atoms with Crippen molar-refractivity contribution in [2.24, 2.45) is 15.9 Å². The van der Waals surface area contributed by atoms with E-state index in [2.05, 4.69) is 143 Å². The summed E-state index contributed by atoms with van der Waals surface area (Å²) in [4.78, 5) is 33.1. The minimum absolute atomic E-state index is 0.0331. The minimum Gasteiger partial charge on any atom is -0.489 e. The average molecular weight is 1300 g/mol. The van der Waals surface area contributed by atoms with Gasteiger partial charge in [0.1, 0.15) is 0 Å². The number of hydrogen-bond acceptors (Lipinski definition) is 15. The summed E-state index contributed by atoms with van der Waals surface area (Å²) in [6.45, 7) is 13.2. The van der Waals surface area contributed by atoms with Crippen molar-refractivity contribution in [2.45, 2.75) is 142 Å². The Kier molecular flexibility index (Phi) is 26.4. The predicted molar refractivity (Wildman–Crippen MR) is 370 cm³/mol. The highest BCUT2D eigenvalue weighted by Gasteiger charge is 2.29. The van der Waals surface area contributed by atoms with E-state index >= 15 is 0 Å². The van der Waals surface area contributed by atoms with Crippen molar-refractivity contribution in [1.29, 1.82) is 0 Å². The lowest BCUT2D eigenvalue weighted by Crippen LogP contribution is -2.29. The monoisotopic (exact) mass is 1300 g/mol. The number of ether oxygens (including phenoxy) is 6. The largest absolute Gasteiger partial charge is 0.489 e. The molecule has 3 aliphatic carbocycles. The molecule has 0 spiro atoms. The number of hydrogen-bond donors (Lipinski definition) is 1. The van der Waals surface area contributed by atoms with E-state index in [1.165, 1.54) is 53.5 Å². The summed E-state index contributed by atoms with van der Waals surface area (Å²) in [5, 5.41) is 13.3. The Morgan fingerprint density at radius 2 is 1.49 bits per heavy atom. The lowest BCUT2D eigenvalue weighted by molar-refractivity contribution is -0.191. The summed E-state index contributed by atoms with van der Waals surface area (Å²) >= 11 is 0. The molecule has 502 valence electrons. The van der Waals surface area contributed by atoms with Gasteiger partial charge in [-0.25, -0.2) is 4.98 Å². The Morgan fingerprint density at radius 1 is 0.792 bits per heavy atom. The van der Waals surface area contributed by atoms with Crippen LogP contribution in [-0.4, -0.2) is 101 Å². The molecule has 2 unspecified atom stereocenters. The van der Waals surface area contributed by atoms with Crippen LogP contribution in [0, 0.1) is 19.8 Å². The van der Waals surface area contributed by atoms with Crippen LogP contribution in [0.15, 0.2) is 203 Å². The van der Waals surface area contributed by atoms with Gasteiger partial charge in [0, 0.05) is 67.6 Å². The van der Waals surface area contributed by atoms with Crippen molar-refractivity contribution in [3.63, 3.8) is 0 Å². The van der Waals surface area contributed by atoms with Crippen LogP contribution in [-0.2, 0) is 25.5 Å². The molecule has 7 aromatic rings. The molecule has 0 radical (unpaired) electrons. The molecule has 6 heterocycles. The standard InChI is InChI=1S/C28H30N4O2.C28H34N4O2.C20H23F2NO2.CO2/c1-20-6-5-7-22(16-20)25-12-15-32(31-25)26(17-21-10-13-29-14-11-21)23-18-27(28(33-2)30-19-23)34-24-8-3-4-9-24;1-20-9-11-22(12-10-20)25-14-16-32(31-25)26(17-21(2)13-15-29-3)23-18-27(28(33-4)30-19-23)34-24-7-5-6-8-24;1-2-16(17-7-9-23-10-8-17)11-15-5-6-18(25-20(21)22)19(12-15)24-13-14-3-4-14;2-1-3/h5-7,10-16,18-19,24,26H,3-4,8-9,17H2,1-2H3;9-16,18,24,26,30H,2-3,5-8,17,19H2,1,4H3;5-7,9,11-12,14,20H,2-4,8,10,13H2,1H3;/b;15-13-;16-11+;. The van der Waals surface area contributed by atoms with E-state index in [4.69, 9.17) is 43.5 Å². The Bertz CT molecular complexity index is 3910. The molecular formula is C77H87F2N9O8. The predicted octanol–water partition coefficient (Wildman–Crippen LogP) is 16.4. The highest BCUT2D eigenvalue weighted by molar-refractivity contribution is 5.76. The maximum absolute atomic E-state index is 12.6. The molecule has 17 nitrogen and oxygen atoms in total. The number of methoxy groups -OCH3 is 2. The van der Waals surface area contributed by atoms with Crippen LogP contribution in [0.1, 0.15) is 130 Å². The summed E-state index contributed by atoms with van der Waals surface area (Å²) in [5.74, 6) is 3.70. The zero-order chi connectivity index (χ0) is 67.6. The molecule has 3 saturated carbocycles. The van der Waals surface area contributed by atoms with Gasteiger partial charge in [-0.2, -0.15) is 28.6 Å². The number of halogens is 2. The molecule has 2 aliphatic heterocycles. The van der Waals surface area contributed by atoms with Gasteiger partial charge >= 0.3 is 12.8 Å². The summed E-state index contributed by atoms with van der Waals surface area (Å²) in [6, 6.07) is 32.2. The number of allylic oxidation sites excluding steroid dienone is 5. The molecule has 3 fully saturated rings. The molecule has 0 saturated heterocycles. The van der Waals surface area contributed by atoms with Crippen LogP contribution in [0.4, 0.5) is 8.78 Å². The molecule has 0 bridgehead atoms. The first-order valence-electron chi connectivity index (χ1n) is 33.0. The number of alkyl halides is 2. The number of carbonyl (C=O) groups excluding carboxylic acids is 2. The third-order valence-electron chi connectivity index (χ3n) is 17.2.